The Morgan fingerprint density at radius 1 is 1.32 bits per heavy atom. The normalized spacial score (nSPS) is 51.4. The Morgan fingerprint density at radius 3 is 2.72 bits per heavy atom. The molecule has 136 valence electrons. The van der Waals surface area contributed by atoms with Crippen LogP contribution >= 0.6 is 0 Å². The van der Waals surface area contributed by atoms with Gasteiger partial charge in [-0.05, 0) is 67.9 Å². The number of allylic oxidation sites excluding steroid dienone is 4. The number of rotatable bonds is 1. The second-order valence-corrected chi connectivity index (χ2v) is 9.60. The van der Waals surface area contributed by atoms with Crippen molar-refractivity contribution in [3.8, 4) is 0 Å². The fraction of sp³-hybridized carbons (Fsp3) is 0.727. The predicted molar refractivity (Wildman–Crippen MR) is 96.7 cm³/mol. The number of fused-ring (bicyclic) bond motifs is 5. The largest absolute Gasteiger partial charge is 0.393 e. The van der Waals surface area contributed by atoms with Gasteiger partial charge in [0, 0.05) is 17.3 Å². The average molecular weight is 342 g/mol. The van der Waals surface area contributed by atoms with E-state index in [4.69, 9.17) is 0 Å². The van der Waals surface area contributed by atoms with Gasteiger partial charge >= 0.3 is 0 Å². The molecule has 4 aliphatic rings. The summed E-state index contributed by atoms with van der Waals surface area (Å²) in [4.78, 5) is 24.2. The maximum absolute atomic E-state index is 12.4. The smallest absolute Gasteiger partial charge is 0.178 e. The maximum Gasteiger partial charge on any atom is 0.178 e. The van der Waals surface area contributed by atoms with Crippen LogP contribution in [0.25, 0.3) is 0 Å². The standard InChI is InChI=1S/C22H30O3/c1-12-9-17-16-6-5-14-10-15(24)7-8-21(14,3)20(16)18(25)11-22(17,4)19(12)13(2)23/h7-8,10,12,16-20,25H,5-6,9,11H2,1-4H3/t12-,16?,17?,18?,19?,20?,21?,22?/m1/s1. The van der Waals surface area contributed by atoms with Gasteiger partial charge in [-0.1, -0.05) is 32.4 Å². The summed E-state index contributed by atoms with van der Waals surface area (Å²) >= 11 is 0. The Labute approximate surface area is 150 Å². The Balaban J connectivity index is 1.76. The van der Waals surface area contributed by atoms with E-state index in [1.807, 2.05) is 6.08 Å². The molecule has 4 aliphatic carbocycles. The molecule has 3 heteroatoms. The first-order valence-corrected chi connectivity index (χ1v) is 9.81. The number of carbonyl (C=O) groups excluding carboxylic acids is 2. The summed E-state index contributed by atoms with van der Waals surface area (Å²) in [5.74, 6) is 1.91. The zero-order chi connectivity index (χ0) is 18.1. The van der Waals surface area contributed by atoms with E-state index in [1.54, 1.807) is 19.1 Å². The number of Topliss-reactive ketones (excluding diaryl/α,β-unsaturated/α-hetero) is 1. The van der Waals surface area contributed by atoms with E-state index < -0.39 is 6.10 Å². The lowest BCUT2D eigenvalue weighted by atomic mass is 9.46. The molecule has 0 radical (unpaired) electrons. The highest BCUT2D eigenvalue weighted by atomic mass is 16.3. The third-order valence-corrected chi connectivity index (χ3v) is 8.27. The number of ketones is 2. The summed E-state index contributed by atoms with van der Waals surface area (Å²) in [5.41, 5.74) is 0.894. The molecule has 0 aromatic carbocycles. The SMILES string of the molecule is CC(=O)C1[C@H](C)CC2C3CCC4=CC(=O)C=CC4(C)C3C(O)CC21C. The van der Waals surface area contributed by atoms with E-state index in [0.717, 1.165) is 19.3 Å². The van der Waals surface area contributed by atoms with Crippen molar-refractivity contribution in [1.82, 2.24) is 0 Å². The summed E-state index contributed by atoms with van der Waals surface area (Å²) in [7, 11) is 0. The van der Waals surface area contributed by atoms with Gasteiger partial charge < -0.3 is 5.11 Å². The zero-order valence-electron chi connectivity index (χ0n) is 15.8. The van der Waals surface area contributed by atoms with Gasteiger partial charge in [-0.2, -0.15) is 0 Å². The summed E-state index contributed by atoms with van der Waals surface area (Å²) < 4.78 is 0. The first-order chi connectivity index (χ1) is 11.7. The molecule has 0 spiro atoms. The molecule has 3 nitrogen and oxygen atoms in total. The van der Waals surface area contributed by atoms with Crippen LogP contribution in [0, 0.1) is 40.4 Å². The quantitative estimate of drug-likeness (QED) is 0.790. The molecule has 4 rings (SSSR count). The lowest BCUT2D eigenvalue weighted by molar-refractivity contribution is -0.138. The van der Waals surface area contributed by atoms with Crippen LogP contribution < -0.4 is 0 Å². The number of aliphatic hydroxyl groups excluding tert-OH is 1. The van der Waals surface area contributed by atoms with Crippen LogP contribution in [0.4, 0.5) is 0 Å². The molecule has 0 amide bonds. The van der Waals surface area contributed by atoms with E-state index >= 15 is 0 Å². The Hall–Kier alpha value is -1.22. The van der Waals surface area contributed by atoms with Crippen molar-refractivity contribution < 1.29 is 14.7 Å². The zero-order valence-corrected chi connectivity index (χ0v) is 15.8. The highest BCUT2D eigenvalue weighted by Gasteiger charge is 2.63. The number of aliphatic hydroxyl groups is 1. The average Bonchev–Trinajstić information content (AvgIpc) is 2.77. The highest BCUT2D eigenvalue weighted by molar-refractivity contribution is 6.01. The van der Waals surface area contributed by atoms with Gasteiger partial charge in [0.1, 0.15) is 5.78 Å². The Bertz CT molecular complexity index is 689. The lowest BCUT2D eigenvalue weighted by Crippen LogP contribution is -2.56. The van der Waals surface area contributed by atoms with E-state index in [1.165, 1.54) is 5.57 Å². The number of hydrogen-bond donors (Lipinski definition) is 1. The van der Waals surface area contributed by atoms with E-state index in [9.17, 15) is 14.7 Å². The monoisotopic (exact) mass is 342 g/mol. The second-order valence-electron chi connectivity index (χ2n) is 9.60. The van der Waals surface area contributed by atoms with Crippen LogP contribution in [-0.4, -0.2) is 22.8 Å². The molecule has 8 atom stereocenters. The second kappa shape index (κ2) is 5.39. The highest BCUT2D eigenvalue weighted by Crippen LogP contribution is 2.67. The molecule has 0 aromatic rings. The fourth-order valence-corrected chi connectivity index (χ4v) is 7.56. The van der Waals surface area contributed by atoms with Gasteiger partial charge in [0.25, 0.3) is 0 Å². The van der Waals surface area contributed by atoms with Crippen molar-refractivity contribution in [1.29, 1.82) is 0 Å². The fourth-order valence-electron chi connectivity index (χ4n) is 7.56. The molecule has 7 unspecified atom stereocenters. The van der Waals surface area contributed by atoms with Crippen LogP contribution in [0.5, 0.6) is 0 Å². The van der Waals surface area contributed by atoms with E-state index in [-0.39, 0.29) is 34.2 Å². The van der Waals surface area contributed by atoms with E-state index in [2.05, 4.69) is 20.8 Å². The van der Waals surface area contributed by atoms with E-state index in [0.29, 0.717) is 24.2 Å². The molecule has 0 aliphatic heterocycles. The topological polar surface area (TPSA) is 54.4 Å². The number of carbonyl (C=O) groups is 2. The van der Waals surface area contributed by atoms with Crippen molar-refractivity contribution in [2.24, 2.45) is 40.4 Å². The van der Waals surface area contributed by atoms with Crippen molar-refractivity contribution in [2.75, 3.05) is 0 Å². The lowest BCUT2D eigenvalue weighted by Gasteiger charge is -2.58. The molecule has 0 saturated heterocycles. The predicted octanol–water partition coefficient (Wildman–Crippen LogP) is 3.72. The summed E-state index contributed by atoms with van der Waals surface area (Å²) in [6, 6.07) is 0. The molecule has 0 heterocycles. The van der Waals surface area contributed by atoms with Crippen LogP contribution in [0.2, 0.25) is 0 Å². The minimum absolute atomic E-state index is 0.0707. The summed E-state index contributed by atoms with van der Waals surface area (Å²) in [6.07, 6.45) is 8.88. The van der Waals surface area contributed by atoms with Crippen molar-refractivity contribution in [3.63, 3.8) is 0 Å². The molecule has 1 N–H and O–H groups in total. The first-order valence-electron chi connectivity index (χ1n) is 9.81. The van der Waals surface area contributed by atoms with Crippen molar-refractivity contribution in [2.45, 2.75) is 59.5 Å². The van der Waals surface area contributed by atoms with Gasteiger partial charge in [-0.25, -0.2) is 0 Å². The van der Waals surface area contributed by atoms with Gasteiger partial charge in [-0.15, -0.1) is 0 Å². The minimum atomic E-state index is -0.412. The third kappa shape index (κ3) is 2.21. The molecular weight excluding hydrogens is 312 g/mol. The molecule has 3 saturated carbocycles. The summed E-state index contributed by atoms with van der Waals surface area (Å²) in [6.45, 7) is 8.39. The molecular formula is C22H30O3. The van der Waals surface area contributed by atoms with Crippen LogP contribution in [0.1, 0.15) is 53.4 Å². The maximum atomic E-state index is 12.4. The summed E-state index contributed by atoms with van der Waals surface area (Å²) in [5, 5.41) is 11.2. The Kier molecular flexibility index (Phi) is 3.71. The Morgan fingerprint density at radius 2 is 2.04 bits per heavy atom. The number of hydrogen-bond acceptors (Lipinski definition) is 3. The molecule has 3 fully saturated rings. The van der Waals surface area contributed by atoms with Crippen LogP contribution in [0.3, 0.4) is 0 Å². The molecule has 0 aromatic heterocycles. The van der Waals surface area contributed by atoms with Gasteiger partial charge in [0.15, 0.2) is 5.78 Å². The third-order valence-electron chi connectivity index (χ3n) is 8.27. The molecule has 0 bridgehead atoms. The van der Waals surface area contributed by atoms with Crippen LogP contribution in [-0.2, 0) is 9.59 Å². The van der Waals surface area contributed by atoms with Gasteiger partial charge in [0.2, 0.25) is 0 Å². The van der Waals surface area contributed by atoms with Crippen molar-refractivity contribution in [3.05, 3.63) is 23.8 Å². The first kappa shape index (κ1) is 17.2. The van der Waals surface area contributed by atoms with Gasteiger partial charge in [-0.3, -0.25) is 9.59 Å². The van der Waals surface area contributed by atoms with Crippen LogP contribution in [0.15, 0.2) is 23.8 Å². The van der Waals surface area contributed by atoms with Crippen molar-refractivity contribution >= 4 is 11.6 Å². The van der Waals surface area contributed by atoms with Gasteiger partial charge in [0.05, 0.1) is 6.10 Å². The molecule has 25 heavy (non-hydrogen) atoms. The minimum Gasteiger partial charge on any atom is -0.393 e.